The second kappa shape index (κ2) is 12.1. The Labute approximate surface area is 201 Å². The Kier molecular flexibility index (Phi) is 9.19. The molecule has 34 heavy (non-hydrogen) atoms. The summed E-state index contributed by atoms with van der Waals surface area (Å²) in [6, 6.07) is 5.30. The molecule has 0 saturated heterocycles. The largest absolute Gasteiger partial charge is 0.496 e. The molecule has 3 rings (SSSR count). The average Bonchev–Trinajstić information content (AvgIpc) is 2.89. The van der Waals surface area contributed by atoms with E-state index < -0.39 is 5.97 Å². The van der Waals surface area contributed by atoms with Crippen LogP contribution in [0.3, 0.4) is 0 Å². The number of carboxylic acid groups (broad SMARTS) is 1. The molecule has 2 saturated carbocycles. The summed E-state index contributed by atoms with van der Waals surface area (Å²) in [5.74, 6) is 0.538. The van der Waals surface area contributed by atoms with Gasteiger partial charge in [0.1, 0.15) is 18.1 Å². The molecular weight excluding hydrogens is 438 g/mol. The molecule has 1 amide bonds. The van der Waals surface area contributed by atoms with Crippen LogP contribution in [0.1, 0.15) is 76.2 Å². The minimum absolute atomic E-state index is 0.0968. The first-order chi connectivity index (χ1) is 16.3. The van der Waals surface area contributed by atoms with Gasteiger partial charge in [-0.3, -0.25) is 14.4 Å². The number of carbonyl (C=O) groups excluding carboxylic acids is 2. The fraction of sp³-hybridized carbons (Fsp3) is 0.654. The summed E-state index contributed by atoms with van der Waals surface area (Å²) < 4.78 is 16.6. The SMILES string of the molecule is COc1cc(OCCCC(N)=O)ccc1COC(=O)CC1CCC2CCCC(CC(=O)O)(C2)C1. The number of esters is 1. The highest BCUT2D eigenvalue weighted by Gasteiger charge is 2.42. The molecule has 2 fully saturated rings. The van der Waals surface area contributed by atoms with Gasteiger partial charge < -0.3 is 25.1 Å². The van der Waals surface area contributed by atoms with E-state index >= 15 is 0 Å². The Bertz CT molecular complexity index is 871. The number of primary amides is 1. The van der Waals surface area contributed by atoms with Crippen molar-refractivity contribution in [3.05, 3.63) is 23.8 Å². The lowest BCUT2D eigenvalue weighted by Crippen LogP contribution is -2.31. The number of hydrogen-bond donors (Lipinski definition) is 2. The molecule has 0 aromatic heterocycles. The molecule has 3 N–H and O–H groups in total. The van der Waals surface area contributed by atoms with E-state index in [0.29, 0.717) is 36.9 Å². The summed E-state index contributed by atoms with van der Waals surface area (Å²) in [5.41, 5.74) is 5.69. The first-order valence-electron chi connectivity index (χ1n) is 12.2. The number of benzene rings is 1. The maximum absolute atomic E-state index is 12.7. The van der Waals surface area contributed by atoms with Crippen molar-refractivity contribution in [3.8, 4) is 11.5 Å². The molecule has 3 unspecified atom stereocenters. The normalized spacial score (nSPS) is 24.0. The summed E-state index contributed by atoms with van der Waals surface area (Å²) in [4.78, 5) is 35.0. The summed E-state index contributed by atoms with van der Waals surface area (Å²) >= 11 is 0. The molecule has 0 heterocycles. The van der Waals surface area contributed by atoms with Crippen LogP contribution in [0.2, 0.25) is 0 Å². The maximum Gasteiger partial charge on any atom is 0.306 e. The third kappa shape index (κ3) is 7.64. The summed E-state index contributed by atoms with van der Waals surface area (Å²) in [6.07, 6.45) is 8.28. The van der Waals surface area contributed by atoms with Crippen LogP contribution < -0.4 is 15.2 Å². The van der Waals surface area contributed by atoms with Crippen LogP contribution in [0.25, 0.3) is 0 Å². The van der Waals surface area contributed by atoms with Gasteiger partial charge in [-0.05, 0) is 61.5 Å². The van der Waals surface area contributed by atoms with Gasteiger partial charge in [-0.1, -0.05) is 19.3 Å². The molecule has 2 bridgehead atoms. The summed E-state index contributed by atoms with van der Waals surface area (Å²) in [7, 11) is 1.54. The zero-order chi connectivity index (χ0) is 24.6. The minimum Gasteiger partial charge on any atom is -0.496 e. The monoisotopic (exact) mass is 475 g/mol. The van der Waals surface area contributed by atoms with Crippen LogP contribution in [-0.4, -0.2) is 36.7 Å². The maximum atomic E-state index is 12.7. The van der Waals surface area contributed by atoms with Crippen molar-refractivity contribution < 1.29 is 33.7 Å². The third-order valence-corrected chi connectivity index (χ3v) is 7.21. The average molecular weight is 476 g/mol. The molecule has 0 spiro atoms. The van der Waals surface area contributed by atoms with Gasteiger partial charge in [-0.15, -0.1) is 0 Å². The van der Waals surface area contributed by atoms with Crippen LogP contribution in [-0.2, 0) is 25.7 Å². The standard InChI is InChI=1S/C26H37NO7/c1-32-22-13-21(33-11-3-5-23(27)28)9-8-20(22)17-34-25(31)12-19-7-6-18-4-2-10-26(14-18,15-19)16-24(29)30/h8-9,13,18-19H,2-7,10-12,14-17H2,1H3,(H2,27,28)(H,29,30). The summed E-state index contributed by atoms with van der Waals surface area (Å²) in [5, 5.41) is 9.46. The number of methoxy groups -OCH3 is 1. The number of nitrogens with two attached hydrogens (primary N) is 1. The highest BCUT2D eigenvalue weighted by molar-refractivity contribution is 5.73. The number of carbonyl (C=O) groups is 3. The highest BCUT2D eigenvalue weighted by Crippen LogP contribution is 2.51. The molecule has 188 valence electrons. The number of hydrogen-bond acceptors (Lipinski definition) is 6. The molecular formula is C26H37NO7. The minimum atomic E-state index is -0.740. The number of carboxylic acids is 1. The Balaban J connectivity index is 1.52. The number of ether oxygens (including phenoxy) is 3. The molecule has 0 aliphatic heterocycles. The topological polar surface area (TPSA) is 125 Å². The molecule has 2 aliphatic carbocycles. The van der Waals surface area contributed by atoms with Gasteiger partial charge in [-0.25, -0.2) is 0 Å². The van der Waals surface area contributed by atoms with Crippen molar-refractivity contribution in [1.29, 1.82) is 0 Å². The first-order valence-corrected chi connectivity index (χ1v) is 12.2. The zero-order valence-electron chi connectivity index (χ0n) is 20.1. The lowest BCUT2D eigenvalue weighted by molar-refractivity contribution is -0.146. The Morgan fingerprint density at radius 2 is 2.00 bits per heavy atom. The van der Waals surface area contributed by atoms with Gasteiger partial charge in [0.2, 0.25) is 5.91 Å². The third-order valence-electron chi connectivity index (χ3n) is 7.21. The zero-order valence-corrected chi connectivity index (χ0v) is 20.1. The van der Waals surface area contributed by atoms with Crippen LogP contribution in [0.15, 0.2) is 18.2 Å². The van der Waals surface area contributed by atoms with E-state index in [2.05, 4.69) is 0 Å². The molecule has 0 radical (unpaired) electrons. The molecule has 1 aromatic carbocycles. The van der Waals surface area contributed by atoms with Crippen molar-refractivity contribution >= 4 is 17.8 Å². The molecule has 2 aliphatic rings. The predicted molar refractivity (Wildman–Crippen MR) is 125 cm³/mol. The van der Waals surface area contributed by atoms with Crippen molar-refractivity contribution in [2.75, 3.05) is 13.7 Å². The number of rotatable bonds is 12. The van der Waals surface area contributed by atoms with Gasteiger partial charge in [0, 0.05) is 24.5 Å². The van der Waals surface area contributed by atoms with Gasteiger partial charge in [0.05, 0.1) is 20.1 Å². The Morgan fingerprint density at radius 3 is 2.74 bits per heavy atom. The van der Waals surface area contributed by atoms with E-state index in [0.717, 1.165) is 44.1 Å². The Hall–Kier alpha value is -2.77. The van der Waals surface area contributed by atoms with Crippen LogP contribution in [0, 0.1) is 17.3 Å². The lowest BCUT2D eigenvalue weighted by Gasteiger charge is -2.39. The quantitative estimate of drug-likeness (QED) is 0.342. The Morgan fingerprint density at radius 1 is 1.18 bits per heavy atom. The smallest absolute Gasteiger partial charge is 0.306 e. The van der Waals surface area contributed by atoms with E-state index in [-0.39, 0.29) is 42.7 Å². The predicted octanol–water partition coefficient (Wildman–Crippen LogP) is 4.22. The molecule has 3 atom stereocenters. The molecule has 8 nitrogen and oxygen atoms in total. The van der Waals surface area contributed by atoms with Crippen molar-refractivity contribution in [1.82, 2.24) is 0 Å². The van der Waals surface area contributed by atoms with Crippen LogP contribution >= 0.6 is 0 Å². The van der Waals surface area contributed by atoms with Gasteiger partial charge in [-0.2, -0.15) is 0 Å². The van der Waals surface area contributed by atoms with Crippen molar-refractivity contribution in [3.63, 3.8) is 0 Å². The fourth-order valence-electron chi connectivity index (χ4n) is 5.75. The van der Waals surface area contributed by atoms with E-state index in [9.17, 15) is 19.5 Å². The van der Waals surface area contributed by atoms with Crippen LogP contribution in [0.4, 0.5) is 0 Å². The fourth-order valence-corrected chi connectivity index (χ4v) is 5.75. The number of amides is 1. The van der Waals surface area contributed by atoms with E-state index in [1.165, 1.54) is 6.42 Å². The van der Waals surface area contributed by atoms with Gasteiger partial charge >= 0.3 is 11.9 Å². The highest BCUT2D eigenvalue weighted by atomic mass is 16.5. The van der Waals surface area contributed by atoms with E-state index in [1.54, 1.807) is 25.3 Å². The van der Waals surface area contributed by atoms with E-state index in [4.69, 9.17) is 19.9 Å². The van der Waals surface area contributed by atoms with Crippen molar-refractivity contribution in [2.24, 2.45) is 23.0 Å². The molecule has 8 heteroatoms. The first kappa shape index (κ1) is 25.8. The van der Waals surface area contributed by atoms with Crippen molar-refractivity contribution in [2.45, 2.75) is 77.2 Å². The lowest BCUT2D eigenvalue weighted by atomic mass is 9.65. The molecule has 1 aromatic rings. The second-order valence-electron chi connectivity index (χ2n) is 9.94. The second-order valence-corrected chi connectivity index (χ2v) is 9.94. The number of aliphatic carboxylic acids is 1. The van der Waals surface area contributed by atoms with E-state index in [1.807, 2.05) is 0 Å². The number of fused-ring (bicyclic) bond motifs is 2. The summed E-state index contributed by atoms with van der Waals surface area (Å²) in [6.45, 7) is 0.464. The van der Waals surface area contributed by atoms with Gasteiger partial charge in [0.15, 0.2) is 0 Å². The van der Waals surface area contributed by atoms with Crippen LogP contribution in [0.5, 0.6) is 11.5 Å². The van der Waals surface area contributed by atoms with Gasteiger partial charge in [0.25, 0.3) is 0 Å².